The first kappa shape index (κ1) is 24.3. The smallest absolute Gasteiger partial charge is 0.413 e. The number of carboxylic acids is 1. The number of fused-ring (bicyclic) bond motifs is 1. The number of aromatic nitrogens is 3. The Labute approximate surface area is 226 Å². The van der Waals surface area contributed by atoms with Gasteiger partial charge in [-0.05, 0) is 43.0 Å². The molecule has 8 nitrogen and oxygen atoms in total. The second kappa shape index (κ2) is 9.38. The molecule has 0 radical (unpaired) electrons. The molecule has 3 aromatic heterocycles. The molecule has 0 saturated heterocycles. The lowest BCUT2D eigenvalue weighted by molar-refractivity contribution is -0.139. The van der Waals surface area contributed by atoms with Crippen molar-refractivity contribution in [3.8, 4) is 21.7 Å². The van der Waals surface area contributed by atoms with Crippen molar-refractivity contribution in [3.05, 3.63) is 77.2 Å². The number of nitrogens with zero attached hydrogens (tertiary/aromatic N) is 3. The number of aliphatic carboxylic acids is 1. The van der Waals surface area contributed by atoms with Gasteiger partial charge in [-0.2, -0.15) is 0 Å². The van der Waals surface area contributed by atoms with Crippen LogP contribution in [-0.4, -0.2) is 32.2 Å². The Morgan fingerprint density at radius 3 is 2.37 bits per heavy atom. The van der Waals surface area contributed by atoms with Crippen molar-refractivity contribution < 1.29 is 19.4 Å². The summed E-state index contributed by atoms with van der Waals surface area (Å²) in [7, 11) is 1.71. The van der Waals surface area contributed by atoms with Crippen molar-refractivity contribution in [3.63, 3.8) is 0 Å². The number of ether oxygens (including phenoxy) is 1. The normalized spacial score (nSPS) is 14.8. The summed E-state index contributed by atoms with van der Waals surface area (Å²) in [5.41, 5.74) is 2.65. The zero-order chi connectivity index (χ0) is 26.4. The molecule has 1 fully saturated rings. The average Bonchev–Trinajstić information content (AvgIpc) is 3.32. The van der Waals surface area contributed by atoms with E-state index in [0.29, 0.717) is 24.4 Å². The van der Waals surface area contributed by atoms with Gasteiger partial charge in [0.2, 0.25) is 0 Å². The molecule has 0 aliphatic heterocycles. The Hall–Kier alpha value is -4.02. The summed E-state index contributed by atoms with van der Waals surface area (Å²) in [6.45, 7) is 1.82. The molecule has 1 amide bonds. The molecular formula is C28H24N4O4S2. The van der Waals surface area contributed by atoms with Crippen molar-refractivity contribution in [2.45, 2.75) is 31.3 Å². The summed E-state index contributed by atoms with van der Waals surface area (Å²) in [5, 5.41) is 20.7. The van der Waals surface area contributed by atoms with E-state index in [0.717, 1.165) is 35.8 Å². The molecule has 1 aliphatic rings. The summed E-state index contributed by atoms with van der Waals surface area (Å²) in [5.74, 6) is -0.279. The van der Waals surface area contributed by atoms with Crippen molar-refractivity contribution in [2.24, 2.45) is 7.05 Å². The van der Waals surface area contributed by atoms with E-state index < -0.39 is 23.6 Å². The standard InChI is InChI=1S/C28H24N4O4S2/c1-16(17-6-4-3-5-7-17)36-27(35)29-25-24(30-31-32(25)2)19-10-8-18(9-11-19)20-14-21-22(37-20)15-23(38-21)28(12-13-28)26(33)34/h3-11,14-16H,12-13H2,1-2H3,(H,29,35)(H,33,34). The number of amides is 1. The lowest BCUT2D eigenvalue weighted by Crippen LogP contribution is -2.18. The number of nitrogens with one attached hydrogen (secondary N) is 1. The minimum atomic E-state index is -0.723. The zero-order valence-corrected chi connectivity index (χ0v) is 22.3. The second-order valence-corrected chi connectivity index (χ2v) is 11.6. The summed E-state index contributed by atoms with van der Waals surface area (Å²) in [4.78, 5) is 26.4. The zero-order valence-electron chi connectivity index (χ0n) is 20.7. The number of carbonyl (C=O) groups excluding carboxylic acids is 1. The van der Waals surface area contributed by atoms with Gasteiger partial charge in [0.15, 0.2) is 5.82 Å². The highest BCUT2D eigenvalue weighted by Crippen LogP contribution is 2.53. The molecule has 5 aromatic rings. The van der Waals surface area contributed by atoms with Crippen molar-refractivity contribution in [1.82, 2.24) is 15.0 Å². The van der Waals surface area contributed by atoms with E-state index in [1.54, 1.807) is 29.7 Å². The van der Waals surface area contributed by atoms with Crippen molar-refractivity contribution in [2.75, 3.05) is 5.32 Å². The highest BCUT2D eigenvalue weighted by atomic mass is 32.1. The number of rotatable bonds is 7. The third-order valence-corrected chi connectivity index (χ3v) is 9.43. The fourth-order valence-electron chi connectivity index (χ4n) is 4.47. The van der Waals surface area contributed by atoms with Gasteiger partial charge in [0.25, 0.3) is 0 Å². The SMILES string of the molecule is CC(OC(=O)Nc1c(-c2ccc(-c3cc4sc(C5(C(=O)O)CC5)cc4s3)cc2)nnn1C)c1ccccc1. The Kier molecular flexibility index (Phi) is 6.00. The van der Waals surface area contributed by atoms with Gasteiger partial charge < -0.3 is 9.84 Å². The molecule has 10 heteroatoms. The maximum absolute atomic E-state index is 12.6. The summed E-state index contributed by atoms with van der Waals surface area (Å²) in [6.07, 6.45) is 0.440. The van der Waals surface area contributed by atoms with Crippen LogP contribution in [0.4, 0.5) is 10.6 Å². The van der Waals surface area contributed by atoms with Gasteiger partial charge in [0.1, 0.15) is 17.2 Å². The molecule has 1 atom stereocenters. The molecule has 6 rings (SSSR count). The number of carboxylic acid groups (broad SMARTS) is 1. The van der Waals surface area contributed by atoms with Gasteiger partial charge in [-0.25, -0.2) is 9.48 Å². The first-order chi connectivity index (χ1) is 18.3. The van der Waals surface area contributed by atoms with E-state index in [9.17, 15) is 14.7 Å². The van der Waals surface area contributed by atoms with Gasteiger partial charge in [0, 0.05) is 31.8 Å². The molecule has 0 spiro atoms. The van der Waals surface area contributed by atoms with E-state index in [2.05, 4.69) is 21.7 Å². The molecule has 3 heterocycles. The Morgan fingerprint density at radius 2 is 1.71 bits per heavy atom. The largest absolute Gasteiger partial charge is 0.481 e. The Bertz CT molecular complexity index is 1620. The number of benzene rings is 2. The van der Waals surface area contributed by atoms with E-state index >= 15 is 0 Å². The van der Waals surface area contributed by atoms with Crippen LogP contribution in [0.15, 0.2) is 66.7 Å². The summed E-state index contributed by atoms with van der Waals surface area (Å²) in [6, 6.07) is 21.6. The maximum Gasteiger partial charge on any atom is 0.413 e. The van der Waals surface area contributed by atoms with Crippen LogP contribution in [0.3, 0.4) is 0 Å². The monoisotopic (exact) mass is 544 g/mol. The topological polar surface area (TPSA) is 106 Å². The highest BCUT2D eigenvalue weighted by molar-refractivity contribution is 7.29. The molecule has 38 heavy (non-hydrogen) atoms. The molecule has 0 bridgehead atoms. The predicted molar refractivity (Wildman–Crippen MR) is 149 cm³/mol. The first-order valence-corrected chi connectivity index (χ1v) is 13.8. The van der Waals surface area contributed by atoms with Crippen LogP contribution in [0.5, 0.6) is 0 Å². The quantitative estimate of drug-likeness (QED) is 0.232. The van der Waals surface area contributed by atoms with Crippen LogP contribution in [0.1, 0.15) is 36.3 Å². The summed E-state index contributed by atoms with van der Waals surface area (Å²) >= 11 is 3.24. The van der Waals surface area contributed by atoms with Gasteiger partial charge in [0.05, 0.1) is 0 Å². The second-order valence-electron chi connectivity index (χ2n) is 9.41. The van der Waals surface area contributed by atoms with E-state index in [1.807, 2.05) is 67.6 Å². The van der Waals surface area contributed by atoms with Crippen LogP contribution < -0.4 is 5.32 Å². The van der Waals surface area contributed by atoms with Crippen LogP contribution in [0, 0.1) is 0 Å². The lowest BCUT2D eigenvalue weighted by atomic mass is 10.1. The van der Waals surface area contributed by atoms with Crippen LogP contribution in [0.25, 0.3) is 31.1 Å². The molecule has 1 unspecified atom stereocenters. The molecule has 192 valence electrons. The Balaban J connectivity index is 1.19. The first-order valence-electron chi connectivity index (χ1n) is 12.1. The van der Waals surface area contributed by atoms with E-state index in [-0.39, 0.29) is 0 Å². The number of carbonyl (C=O) groups is 2. The Morgan fingerprint density at radius 1 is 1.03 bits per heavy atom. The third-order valence-electron chi connectivity index (χ3n) is 6.88. The number of aryl methyl sites for hydroxylation is 1. The molecule has 2 N–H and O–H groups in total. The van der Waals surface area contributed by atoms with E-state index in [4.69, 9.17) is 4.74 Å². The van der Waals surface area contributed by atoms with Crippen molar-refractivity contribution in [1.29, 1.82) is 0 Å². The molecule has 1 aliphatic carbocycles. The molecule has 2 aromatic carbocycles. The predicted octanol–water partition coefficient (Wildman–Crippen LogP) is 6.85. The van der Waals surface area contributed by atoms with Gasteiger partial charge in [-0.3, -0.25) is 10.1 Å². The number of hydrogen-bond acceptors (Lipinski definition) is 7. The fourth-order valence-corrected chi connectivity index (χ4v) is 7.11. The maximum atomic E-state index is 12.6. The number of thiophene rings is 2. The number of anilines is 1. The molecular weight excluding hydrogens is 520 g/mol. The highest BCUT2D eigenvalue weighted by Gasteiger charge is 2.53. The summed E-state index contributed by atoms with van der Waals surface area (Å²) < 4.78 is 9.28. The minimum absolute atomic E-state index is 0.407. The van der Waals surface area contributed by atoms with Crippen LogP contribution >= 0.6 is 22.7 Å². The third kappa shape index (κ3) is 4.35. The van der Waals surface area contributed by atoms with Crippen LogP contribution in [-0.2, 0) is 22.0 Å². The fraction of sp³-hybridized carbons (Fsp3) is 0.214. The van der Waals surface area contributed by atoms with Crippen LogP contribution in [0.2, 0.25) is 0 Å². The lowest BCUT2D eigenvalue weighted by Gasteiger charge is -2.14. The van der Waals surface area contributed by atoms with Gasteiger partial charge in [-0.15, -0.1) is 27.8 Å². The minimum Gasteiger partial charge on any atom is -0.481 e. The van der Waals surface area contributed by atoms with E-state index in [1.165, 1.54) is 4.68 Å². The van der Waals surface area contributed by atoms with Gasteiger partial charge in [-0.1, -0.05) is 59.8 Å². The molecule has 1 saturated carbocycles. The van der Waals surface area contributed by atoms with Crippen molar-refractivity contribution >= 4 is 50.0 Å². The van der Waals surface area contributed by atoms with Gasteiger partial charge >= 0.3 is 12.1 Å². The average molecular weight is 545 g/mol. The number of hydrogen-bond donors (Lipinski definition) is 2.